The second-order valence-corrected chi connectivity index (χ2v) is 5.70. The van der Waals surface area contributed by atoms with Crippen molar-refractivity contribution in [1.29, 1.82) is 0 Å². The maximum atomic E-state index is 11.6. The third-order valence-electron chi connectivity index (χ3n) is 2.59. The van der Waals surface area contributed by atoms with Crippen LogP contribution in [0.3, 0.4) is 0 Å². The third kappa shape index (κ3) is 6.83. The second kappa shape index (κ2) is 6.89. The zero-order valence-electron chi connectivity index (χ0n) is 11.7. The number of carbonyl (C=O) groups is 1. The van der Waals surface area contributed by atoms with Gasteiger partial charge in [0.15, 0.2) is 0 Å². The largest absolute Gasteiger partial charge is 0.412 e. The number of hydrogen-bond acceptors (Lipinski definition) is 1. The molecule has 0 spiro atoms. The second-order valence-electron chi connectivity index (χ2n) is 5.70. The Kier molecular flexibility index (Phi) is 7.68. The molecule has 0 saturated heterocycles. The summed E-state index contributed by atoms with van der Waals surface area (Å²) in [7, 11) is 0. The zero-order chi connectivity index (χ0) is 12.1. The standard InChI is InChI=1S/C11H21NO.C2H6.H2O/c1-10(2,3)8-9(13)12-11(4)6-5-7-11;1-2;/h5-8H2,1-4H3,(H,12,13);1-2H3;1H2. The zero-order valence-corrected chi connectivity index (χ0v) is 11.7. The molecular weight excluding hydrogens is 202 g/mol. The minimum absolute atomic E-state index is 0. The molecule has 0 aromatic heterocycles. The van der Waals surface area contributed by atoms with E-state index < -0.39 is 0 Å². The van der Waals surface area contributed by atoms with E-state index in [2.05, 4.69) is 33.0 Å². The van der Waals surface area contributed by atoms with Crippen LogP contribution in [0, 0.1) is 5.41 Å². The Labute approximate surface area is 100 Å². The van der Waals surface area contributed by atoms with Crippen molar-refractivity contribution in [3.8, 4) is 0 Å². The number of hydrogen-bond donors (Lipinski definition) is 1. The Balaban J connectivity index is 0. The highest BCUT2D eigenvalue weighted by atomic mass is 16.1. The maximum Gasteiger partial charge on any atom is 0.220 e. The summed E-state index contributed by atoms with van der Waals surface area (Å²) in [6.45, 7) is 12.4. The Bertz CT molecular complexity index is 202. The molecule has 0 bridgehead atoms. The summed E-state index contributed by atoms with van der Waals surface area (Å²) in [5, 5.41) is 3.11. The van der Waals surface area contributed by atoms with Gasteiger partial charge in [0.05, 0.1) is 0 Å². The van der Waals surface area contributed by atoms with Crippen LogP contribution >= 0.6 is 0 Å². The average molecular weight is 231 g/mol. The molecule has 3 N–H and O–H groups in total. The average Bonchev–Trinajstić information content (AvgIpc) is 2.01. The summed E-state index contributed by atoms with van der Waals surface area (Å²) in [5.74, 6) is 0.203. The van der Waals surface area contributed by atoms with E-state index >= 15 is 0 Å². The van der Waals surface area contributed by atoms with Crippen molar-refractivity contribution in [2.75, 3.05) is 0 Å². The highest BCUT2D eigenvalue weighted by molar-refractivity contribution is 5.77. The topological polar surface area (TPSA) is 60.6 Å². The first-order chi connectivity index (χ1) is 6.81. The molecule has 98 valence electrons. The molecule has 1 aliphatic carbocycles. The summed E-state index contributed by atoms with van der Waals surface area (Å²) >= 11 is 0. The molecule has 1 aliphatic rings. The summed E-state index contributed by atoms with van der Waals surface area (Å²) in [4.78, 5) is 11.6. The Hall–Kier alpha value is -0.570. The van der Waals surface area contributed by atoms with Gasteiger partial charge >= 0.3 is 0 Å². The van der Waals surface area contributed by atoms with Crippen molar-refractivity contribution >= 4 is 5.91 Å². The minimum Gasteiger partial charge on any atom is -0.412 e. The molecule has 0 atom stereocenters. The van der Waals surface area contributed by atoms with Crippen LogP contribution in [0.4, 0.5) is 0 Å². The lowest BCUT2D eigenvalue weighted by atomic mass is 9.78. The lowest BCUT2D eigenvalue weighted by Crippen LogP contribution is -2.51. The predicted molar refractivity (Wildman–Crippen MR) is 69.4 cm³/mol. The van der Waals surface area contributed by atoms with Crippen LogP contribution in [0.15, 0.2) is 0 Å². The summed E-state index contributed by atoms with van der Waals surface area (Å²) in [6, 6.07) is 0. The summed E-state index contributed by atoms with van der Waals surface area (Å²) in [5.41, 5.74) is 0.215. The highest BCUT2D eigenvalue weighted by Crippen LogP contribution is 2.31. The van der Waals surface area contributed by atoms with E-state index in [4.69, 9.17) is 0 Å². The SMILES string of the molecule is CC.CC(C)(C)CC(=O)NC1(C)CCC1.O. The van der Waals surface area contributed by atoms with Gasteiger partial charge in [-0.05, 0) is 31.6 Å². The third-order valence-corrected chi connectivity index (χ3v) is 2.59. The molecule has 0 aromatic rings. The van der Waals surface area contributed by atoms with Crippen molar-refractivity contribution in [3.63, 3.8) is 0 Å². The molecule has 16 heavy (non-hydrogen) atoms. The van der Waals surface area contributed by atoms with E-state index in [1.54, 1.807) is 0 Å². The molecule has 0 heterocycles. The van der Waals surface area contributed by atoms with E-state index in [9.17, 15) is 4.79 Å². The van der Waals surface area contributed by atoms with Gasteiger partial charge in [-0.15, -0.1) is 0 Å². The van der Waals surface area contributed by atoms with Gasteiger partial charge in [-0.2, -0.15) is 0 Å². The highest BCUT2D eigenvalue weighted by Gasteiger charge is 2.33. The van der Waals surface area contributed by atoms with Gasteiger partial charge in [0.2, 0.25) is 5.91 Å². The van der Waals surface area contributed by atoms with E-state index in [-0.39, 0.29) is 22.3 Å². The molecule has 0 aliphatic heterocycles. The minimum atomic E-state index is 0. The first-order valence-corrected chi connectivity index (χ1v) is 6.12. The predicted octanol–water partition coefficient (Wildman–Crippen LogP) is 2.68. The first-order valence-electron chi connectivity index (χ1n) is 6.12. The van der Waals surface area contributed by atoms with E-state index in [0.29, 0.717) is 6.42 Å². The quantitative estimate of drug-likeness (QED) is 0.780. The van der Waals surface area contributed by atoms with Gasteiger partial charge in [-0.25, -0.2) is 0 Å². The maximum absolute atomic E-state index is 11.6. The van der Waals surface area contributed by atoms with E-state index in [1.165, 1.54) is 6.42 Å². The van der Waals surface area contributed by atoms with Crippen molar-refractivity contribution in [1.82, 2.24) is 5.32 Å². The van der Waals surface area contributed by atoms with Crippen LogP contribution in [-0.4, -0.2) is 16.9 Å². The van der Waals surface area contributed by atoms with Crippen molar-refractivity contribution in [3.05, 3.63) is 0 Å². The van der Waals surface area contributed by atoms with Crippen LogP contribution < -0.4 is 5.32 Å². The summed E-state index contributed by atoms with van der Waals surface area (Å²) < 4.78 is 0. The number of nitrogens with one attached hydrogen (secondary N) is 1. The molecule has 0 unspecified atom stereocenters. The monoisotopic (exact) mass is 231 g/mol. The fourth-order valence-corrected chi connectivity index (χ4v) is 1.69. The first kappa shape index (κ1) is 17.8. The van der Waals surface area contributed by atoms with Gasteiger partial charge < -0.3 is 10.8 Å². The van der Waals surface area contributed by atoms with E-state index in [1.807, 2.05) is 13.8 Å². The van der Waals surface area contributed by atoms with Crippen molar-refractivity contribution < 1.29 is 10.3 Å². The molecule has 3 nitrogen and oxygen atoms in total. The Morgan fingerprint density at radius 3 is 1.94 bits per heavy atom. The van der Waals surface area contributed by atoms with E-state index in [0.717, 1.165) is 12.8 Å². The van der Waals surface area contributed by atoms with Crippen LogP contribution in [0.25, 0.3) is 0 Å². The number of amides is 1. The van der Waals surface area contributed by atoms with Crippen molar-refractivity contribution in [2.45, 2.75) is 72.8 Å². The lowest BCUT2D eigenvalue weighted by molar-refractivity contribution is -0.125. The molecule has 1 amide bonds. The van der Waals surface area contributed by atoms with Crippen LogP contribution in [0.2, 0.25) is 0 Å². The van der Waals surface area contributed by atoms with Gasteiger partial charge in [-0.1, -0.05) is 34.6 Å². The van der Waals surface area contributed by atoms with Crippen molar-refractivity contribution in [2.24, 2.45) is 5.41 Å². The fourth-order valence-electron chi connectivity index (χ4n) is 1.69. The van der Waals surface area contributed by atoms with Gasteiger partial charge in [-0.3, -0.25) is 4.79 Å². The van der Waals surface area contributed by atoms with Crippen LogP contribution in [0.1, 0.15) is 67.2 Å². The van der Waals surface area contributed by atoms with Crippen LogP contribution in [0.5, 0.6) is 0 Å². The lowest BCUT2D eigenvalue weighted by Gasteiger charge is -2.39. The molecule has 1 saturated carbocycles. The van der Waals surface area contributed by atoms with Gasteiger partial charge in [0.1, 0.15) is 0 Å². The molecule has 0 radical (unpaired) electrons. The normalized spacial score (nSPS) is 17.1. The molecule has 1 fully saturated rings. The fraction of sp³-hybridized carbons (Fsp3) is 0.923. The van der Waals surface area contributed by atoms with Gasteiger partial charge in [0, 0.05) is 12.0 Å². The van der Waals surface area contributed by atoms with Crippen LogP contribution in [-0.2, 0) is 4.79 Å². The summed E-state index contributed by atoms with van der Waals surface area (Å²) in [6.07, 6.45) is 4.17. The Morgan fingerprint density at radius 2 is 1.69 bits per heavy atom. The molecule has 0 aromatic carbocycles. The molecular formula is C13H29NO2. The molecule has 1 rings (SSSR count). The Morgan fingerprint density at radius 1 is 1.25 bits per heavy atom. The number of carbonyl (C=O) groups excluding carboxylic acids is 1. The van der Waals surface area contributed by atoms with Gasteiger partial charge in [0.25, 0.3) is 0 Å². The smallest absolute Gasteiger partial charge is 0.220 e. The molecule has 3 heteroatoms. The number of rotatable bonds is 2.